The molecule has 2 fully saturated rings. The van der Waals surface area contributed by atoms with Gasteiger partial charge in [0.15, 0.2) is 0 Å². The summed E-state index contributed by atoms with van der Waals surface area (Å²) in [6.45, 7) is 9.61. The number of likely N-dealkylation sites (tertiary alicyclic amines) is 1. The fraction of sp³-hybridized carbons (Fsp3) is 0.484. The van der Waals surface area contributed by atoms with Gasteiger partial charge >= 0.3 is 6.01 Å². The third-order valence-electron chi connectivity index (χ3n) is 8.79. The Kier molecular flexibility index (Phi) is 7.87. The standard InChI is InChI=1S/C31H36ClN7O2/c1-3-36-14-11-24(36)20-41-31-34-27-19-37(28-9-5-7-22-6-4-8-26(32)29(22)28)15-12-25(27)30(35-31)38-16-17-39(21(2)40)23(18-38)10-13-33/h4-9,23-24H,3,10-12,14-20H2,1-2H3/t23-,24?/m0/s1. The lowest BCUT2D eigenvalue weighted by atomic mass is 10.0. The maximum absolute atomic E-state index is 12.3. The Hall–Kier alpha value is -3.61. The Bertz CT molecular complexity index is 1480. The highest BCUT2D eigenvalue weighted by molar-refractivity contribution is 6.36. The number of benzene rings is 2. The Balaban J connectivity index is 1.33. The molecule has 214 valence electrons. The smallest absolute Gasteiger partial charge is 0.318 e. The number of halogens is 1. The molecule has 4 heterocycles. The summed E-state index contributed by atoms with van der Waals surface area (Å²) in [5.74, 6) is 0.872. The number of hydrogen-bond donors (Lipinski definition) is 0. The lowest BCUT2D eigenvalue weighted by Crippen LogP contribution is -2.55. The van der Waals surface area contributed by atoms with Crippen LogP contribution in [0.15, 0.2) is 36.4 Å². The summed E-state index contributed by atoms with van der Waals surface area (Å²) in [6, 6.07) is 15.2. The van der Waals surface area contributed by atoms with Crippen LogP contribution < -0.4 is 14.5 Å². The molecule has 0 radical (unpaired) electrons. The quantitative estimate of drug-likeness (QED) is 0.414. The minimum atomic E-state index is -0.174. The zero-order chi connectivity index (χ0) is 28.5. The molecule has 3 aromatic rings. The average molecular weight is 574 g/mol. The number of carbonyl (C=O) groups excluding carboxylic acids is 1. The number of aromatic nitrogens is 2. The van der Waals surface area contributed by atoms with Gasteiger partial charge in [0.25, 0.3) is 0 Å². The third kappa shape index (κ3) is 5.39. The number of anilines is 2. The number of hydrogen-bond acceptors (Lipinski definition) is 8. The van der Waals surface area contributed by atoms with Crippen molar-refractivity contribution in [1.82, 2.24) is 19.8 Å². The molecule has 10 heteroatoms. The molecule has 1 unspecified atom stereocenters. The second-order valence-electron chi connectivity index (χ2n) is 11.1. The number of likely N-dealkylation sites (N-methyl/N-ethyl adjacent to an activating group) is 1. The first-order valence-electron chi connectivity index (χ1n) is 14.5. The van der Waals surface area contributed by atoms with Crippen molar-refractivity contribution < 1.29 is 9.53 Å². The van der Waals surface area contributed by atoms with Crippen molar-refractivity contribution in [3.63, 3.8) is 0 Å². The van der Waals surface area contributed by atoms with E-state index in [1.54, 1.807) is 6.92 Å². The van der Waals surface area contributed by atoms with Crippen LogP contribution >= 0.6 is 11.6 Å². The average Bonchev–Trinajstić information content (AvgIpc) is 2.96. The summed E-state index contributed by atoms with van der Waals surface area (Å²) < 4.78 is 6.26. The molecule has 0 bridgehead atoms. The minimum Gasteiger partial charge on any atom is -0.462 e. The van der Waals surface area contributed by atoms with Crippen molar-refractivity contribution in [3.8, 4) is 12.1 Å². The molecule has 1 amide bonds. The minimum absolute atomic E-state index is 0.00371. The zero-order valence-corrected chi connectivity index (χ0v) is 24.5. The van der Waals surface area contributed by atoms with Gasteiger partial charge in [0.05, 0.1) is 35.8 Å². The fourth-order valence-electron chi connectivity index (χ4n) is 6.47. The van der Waals surface area contributed by atoms with Gasteiger partial charge in [-0.3, -0.25) is 9.69 Å². The third-order valence-corrected chi connectivity index (χ3v) is 9.10. The summed E-state index contributed by atoms with van der Waals surface area (Å²) in [7, 11) is 0. The van der Waals surface area contributed by atoms with E-state index < -0.39 is 0 Å². The van der Waals surface area contributed by atoms with E-state index in [4.69, 9.17) is 26.3 Å². The van der Waals surface area contributed by atoms with Crippen molar-refractivity contribution >= 4 is 39.8 Å². The Morgan fingerprint density at radius 2 is 1.93 bits per heavy atom. The molecule has 41 heavy (non-hydrogen) atoms. The lowest BCUT2D eigenvalue weighted by molar-refractivity contribution is -0.131. The summed E-state index contributed by atoms with van der Waals surface area (Å²) in [6.07, 6.45) is 2.18. The van der Waals surface area contributed by atoms with Gasteiger partial charge in [0.1, 0.15) is 12.4 Å². The molecule has 3 aliphatic heterocycles. The molecule has 0 aliphatic carbocycles. The van der Waals surface area contributed by atoms with Crippen LogP contribution in [0.1, 0.15) is 37.9 Å². The van der Waals surface area contributed by atoms with Crippen LogP contribution in [0.2, 0.25) is 5.02 Å². The van der Waals surface area contributed by atoms with E-state index in [0.717, 1.165) is 71.0 Å². The van der Waals surface area contributed by atoms with Crippen LogP contribution in [-0.2, 0) is 17.8 Å². The van der Waals surface area contributed by atoms with Gasteiger partial charge < -0.3 is 19.4 Å². The van der Waals surface area contributed by atoms with Gasteiger partial charge in [-0.25, -0.2) is 0 Å². The molecule has 3 aliphatic rings. The van der Waals surface area contributed by atoms with Gasteiger partial charge in [-0.15, -0.1) is 0 Å². The van der Waals surface area contributed by atoms with Crippen LogP contribution in [0.5, 0.6) is 6.01 Å². The molecule has 2 saturated heterocycles. The summed E-state index contributed by atoms with van der Waals surface area (Å²) in [5.41, 5.74) is 3.16. The second-order valence-corrected chi connectivity index (χ2v) is 11.5. The maximum Gasteiger partial charge on any atom is 0.318 e. The molecule has 0 N–H and O–H groups in total. The largest absolute Gasteiger partial charge is 0.462 e. The number of amides is 1. The van der Waals surface area contributed by atoms with E-state index in [1.165, 1.54) is 0 Å². The predicted octanol–water partition coefficient (Wildman–Crippen LogP) is 4.27. The van der Waals surface area contributed by atoms with Crippen LogP contribution in [0.4, 0.5) is 11.5 Å². The number of piperazine rings is 1. The SMILES string of the molecule is CCN1CCC1COc1nc2c(c(N3CCN(C(C)=O)[C@@H](CC#N)C3)n1)CCN(c1cccc3cccc(Cl)c13)C2. The van der Waals surface area contributed by atoms with Crippen molar-refractivity contribution in [3.05, 3.63) is 52.7 Å². The molecule has 9 nitrogen and oxygen atoms in total. The topological polar surface area (TPSA) is 88.8 Å². The highest BCUT2D eigenvalue weighted by Gasteiger charge is 2.33. The van der Waals surface area contributed by atoms with Crippen molar-refractivity contribution in [1.29, 1.82) is 5.26 Å². The van der Waals surface area contributed by atoms with Crippen molar-refractivity contribution in [2.75, 3.05) is 55.7 Å². The molecule has 1 aromatic heterocycles. The highest BCUT2D eigenvalue weighted by atomic mass is 35.5. The fourth-order valence-corrected chi connectivity index (χ4v) is 6.75. The van der Waals surface area contributed by atoms with Crippen LogP contribution in [-0.4, -0.2) is 83.6 Å². The monoisotopic (exact) mass is 573 g/mol. The molecular weight excluding hydrogens is 538 g/mol. The van der Waals surface area contributed by atoms with E-state index >= 15 is 0 Å². The van der Waals surface area contributed by atoms with Crippen molar-refractivity contribution in [2.45, 2.75) is 51.7 Å². The number of fused-ring (bicyclic) bond motifs is 2. The highest BCUT2D eigenvalue weighted by Crippen LogP contribution is 2.37. The van der Waals surface area contributed by atoms with Gasteiger partial charge in [-0.1, -0.05) is 42.8 Å². The first-order valence-corrected chi connectivity index (χ1v) is 14.9. The van der Waals surface area contributed by atoms with Gasteiger partial charge in [0.2, 0.25) is 5.91 Å². The number of carbonyl (C=O) groups is 1. The van der Waals surface area contributed by atoms with E-state index in [1.807, 2.05) is 17.0 Å². The first-order chi connectivity index (χ1) is 20.0. The molecule has 2 atom stereocenters. The summed E-state index contributed by atoms with van der Waals surface area (Å²) in [4.78, 5) is 31.0. The zero-order valence-electron chi connectivity index (χ0n) is 23.7. The van der Waals surface area contributed by atoms with Crippen molar-refractivity contribution in [2.24, 2.45) is 0 Å². The van der Waals surface area contributed by atoms with Gasteiger partial charge in [-0.2, -0.15) is 15.2 Å². The van der Waals surface area contributed by atoms with Gasteiger partial charge in [-0.05, 0) is 36.9 Å². The van der Waals surface area contributed by atoms with Crippen LogP contribution in [0.25, 0.3) is 10.8 Å². The maximum atomic E-state index is 12.3. The van der Waals surface area contributed by atoms with E-state index in [0.29, 0.717) is 44.8 Å². The number of nitrogens with zero attached hydrogens (tertiary/aromatic N) is 7. The van der Waals surface area contributed by atoms with E-state index in [-0.39, 0.29) is 18.4 Å². The Morgan fingerprint density at radius 3 is 2.66 bits per heavy atom. The van der Waals surface area contributed by atoms with E-state index in [9.17, 15) is 10.1 Å². The molecule has 0 spiro atoms. The second kappa shape index (κ2) is 11.7. The number of rotatable bonds is 7. The number of ether oxygens (including phenoxy) is 1. The Morgan fingerprint density at radius 1 is 1.10 bits per heavy atom. The molecular formula is C31H36ClN7O2. The van der Waals surface area contributed by atoms with Crippen LogP contribution in [0.3, 0.4) is 0 Å². The predicted molar refractivity (Wildman–Crippen MR) is 161 cm³/mol. The number of nitriles is 1. The molecule has 2 aromatic carbocycles. The van der Waals surface area contributed by atoms with Gasteiger partial charge in [0, 0.05) is 62.3 Å². The van der Waals surface area contributed by atoms with E-state index in [2.05, 4.69) is 52.0 Å². The summed E-state index contributed by atoms with van der Waals surface area (Å²) >= 11 is 6.69. The Labute approximate surface area is 246 Å². The van der Waals surface area contributed by atoms with Crippen LogP contribution in [0, 0.1) is 11.3 Å². The normalized spacial score (nSPS) is 20.9. The summed E-state index contributed by atoms with van der Waals surface area (Å²) in [5, 5.41) is 12.4. The molecule has 6 rings (SSSR count). The first kappa shape index (κ1) is 27.6. The molecule has 0 saturated carbocycles. The lowest BCUT2D eigenvalue weighted by Gasteiger charge is -2.42.